The van der Waals surface area contributed by atoms with Gasteiger partial charge in [0.2, 0.25) is 11.8 Å². The number of phenolic OH excluding ortho intramolecular Hbond substituents is 1. The summed E-state index contributed by atoms with van der Waals surface area (Å²) in [4.78, 5) is 27.7. The van der Waals surface area contributed by atoms with E-state index in [9.17, 15) is 19.7 Å². The van der Waals surface area contributed by atoms with Crippen molar-refractivity contribution < 1.29 is 24.4 Å². The minimum atomic E-state index is -1.13. The zero-order chi connectivity index (χ0) is 21.6. The first kappa shape index (κ1) is 21.4. The number of nitrogens with zero attached hydrogens (tertiary/aromatic N) is 1. The molecule has 0 saturated carbocycles. The van der Waals surface area contributed by atoms with Crippen LogP contribution in [0.15, 0.2) is 29.2 Å². The Morgan fingerprint density at radius 2 is 1.97 bits per heavy atom. The summed E-state index contributed by atoms with van der Waals surface area (Å²) < 4.78 is 5.95. The molecule has 1 aromatic carbocycles. The lowest BCUT2D eigenvalue weighted by Gasteiger charge is -2.42. The predicted molar refractivity (Wildman–Crippen MR) is 114 cm³/mol. The van der Waals surface area contributed by atoms with E-state index in [1.54, 1.807) is 6.07 Å². The Labute approximate surface area is 182 Å². The van der Waals surface area contributed by atoms with Crippen molar-refractivity contribution >= 4 is 30.5 Å². The number of phenols is 1. The number of fused-ring (bicyclic) bond motifs is 3. The third kappa shape index (κ3) is 3.47. The molecule has 3 aliphatic rings. The maximum Gasteiger partial charge on any atom is 0.487 e. The Balaban J connectivity index is 1.74. The average Bonchev–Trinajstić information content (AvgIpc) is 2.93. The van der Waals surface area contributed by atoms with Gasteiger partial charge in [0.05, 0.1) is 17.9 Å². The summed E-state index contributed by atoms with van der Waals surface area (Å²) in [6, 6.07) is 4.65. The molecule has 0 radical (unpaired) electrons. The second kappa shape index (κ2) is 8.37. The Kier molecular flexibility index (Phi) is 5.97. The van der Waals surface area contributed by atoms with Crippen LogP contribution in [0.3, 0.4) is 0 Å². The number of imide groups is 1. The van der Waals surface area contributed by atoms with Crippen molar-refractivity contribution in [2.75, 3.05) is 6.54 Å². The molecule has 1 aliphatic carbocycles. The Hall–Kier alpha value is -1.83. The van der Waals surface area contributed by atoms with Crippen molar-refractivity contribution in [3.05, 3.63) is 39.8 Å². The van der Waals surface area contributed by atoms with E-state index in [2.05, 4.69) is 6.92 Å². The molecule has 30 heavy (non-hydrogen) atoms. The van der Waals surface area contributed by atoms with E-state index >= 15 is 0 Å². The van der Waals surface area contributed by atoms with E-state index in [4.69, 9.17) is 16.3 Å². The van der Waals surface area contributed by atoms with Gasteiger partial charge < -0.3 is 14.8 Å². The monoisotopic (exact) mass is 431 g/mol. The molecule has 0 unspecified atom stereocenters. The van der Waals surface area contributed by atoms with Crippen molar-refractivity contribution in [1.29, 1.82) is 0 Å². The van der Waals surface area contributed by atoms with Crippen molar-refractivity contribution in [1.82, 2.24) is 4.90 Å². The second-order valence-corrected chi connectivity index (χ2v) is 8.91. The third-order valence-electron chi connectivity index (χ3n) is 6.63. The fourth-order valence-electron chi connectivity index (χ4n) is 5.44. The van der Waals surface area contributed by atoms with Crippen LogP contribution in [0, 0.1) is 17.8 Å². The summed E-state index contributed by atoms with van der Waals surface area (Å²) in [7, 11) is -1.13. The van der Waals surface area contributed by atoms with Crippen LogP contribution in [0.1, 0.15) is 57.6 Å². The van der Waals surface area contributed by atoms with Crippen molar-refractivity contribution in [3.8, 4) is 5.75 Å². The number of hydrogen-bond acceptors (Lipinski definition) is 5. The number of carbonyl (C=O) groups is 2. The molecule has 0 spiro atoms. The van der Waals surface area contributed by atoms with Gasteiger partial charge in [-0.3, -0.25) is 14.5 Å². The van der Waals surface area contributed by atoms with Crippen LogP contribution in [0.4, 0.5) is 0 Å². The number of aromatic hydroxyl groups is 1. The summed E-state index contributed by atoms with van der Waals surface area (Å²) in [6.07, 6.45) is 2.84. The number of benzene rings is 1. The van der Waals surface area contributed by atoms with Crippen LogP contribution in [0.25, 0.3) is 0 Å². The van der Waals surface area contributed by atoms with Gasteiger partial charge in [-0.25, -0.2) is 0 Å². The maximum absolute atomic E-state index is 13.2. The minimum absolute atomic E-state index is 0.0513. The zero-order valence-electron chi connectivity index (χ0n) is 17.3. The predicted octanol–water partition coefficient (Wildman–Crippen LogP) is 3.65. The van der Waals surface area contributed by atoms with Crippen molar-refractivity contribution in [2.24, 2.45) is 17.8 Å². The molecule has 2 amide bonds. The standard InChI is InChI=1S/C22H27BClNO5/c1-3-5-12-9-16-19(22(28)25(8-4-2)21(16)27)15-11-18(30-23(29)20(12)15)14-7-6-13(26)10-17(14)24/h6-7,10,15-16,18-19,26,29H,3-5,8-9,11H2,1-2H3/t15-,16-,18-,19+/m0/s1. The van der Waals surface area contributed by atoms with Crippen LogP contribution in [-0.2, 0) is 14.2 Å². The molecule has 160 valence electrons. The van der Waals surface area contributed by atoms with Gasteiger partial charge in [0, 0.05) is 11.6 Å². The summed E-state index contributed by atoms with van der Waals surface area (Å²) in [5.74, 6) is -1.25. The van der Waals surface area contributed by atoms with Gasteiger partial charge >= 0.3 is 7.12 Å². The molecule has 2 aliphatic heterocycles. The number of carbonyl (C=O) groups excluding carboxylic acids is 2. The Morgan fingerprint density at radius 1 is 1.20 bits per heavy atom. The van der Waals surface area contributed by atoms with Gasteiger partial charge in [-0.2, -0.15) is 0 Å². The van der Waals surface area contributed by atoms with E-state index in [1.807, 2.05) is 6.92 Å². The smallest absolute Gasteiger partial charge is 0.487 e. The number of rotatable bonds is 5. The number of hydrogen-bond donors (Lipinski definition) is 2. The molecule has 6 nitrogen and oxygen atoms in total. The molecule has 0 bridgehead atoms. The van der Waals surface area contributed by atoms with Gasteiger partial charge in [-0.1, -0.05) is 43.5 Å². The lowest BCUT2D eigenvalue weighted by Crippen LogP contribution is -2.45. The van der Waals surface area contributed by atoms with E-state index in [0.29, 0.717) is 30.0 Å². The normalized spacial score (nSPS) is 28.8. The minimum Gasteiger partial charge on any atom is -0.508 e. The van der Waals surface area contributed by atoms with Crippen LogP contribution in [0.2, 0.25) is 5.02 Å². The van der Waals surface area contributed by atoms with Gasteiger partial charge in [-0.05, 0) is 54.8 Å². The van der Waals surface area contributed by atoms with E-state index in [-0.39, 0.29) is 29.4 Å². The maximum atomic E-state index is 13.2. The molecule has 2 fully saturated rings. The van der Waals surface area contributed by atoms with Crippen molar-refractivity contribution in [3.63, 3.8) is 0 Å². The van der Waals surface area contributed by atoms with Crippen LogP contribution in [-0.4, -0.2) is 40.5 Å². The number of halogens is 1. The first-order valence-electron chi connectivity index (χ1n) is 10.8. The molecule has 4 rings (SSSR count). The summed E-state index contributed by atoms with van der Waals surface area (Å²) in [5.41, 5.74) is 2.49. The zero-order valence-corrected chi connectivity index (χ0v) is 18.1. The molecule has 8 heteroatoms. The van der Waals surface area contributed by atoms with Crippen LogP contribution >= 0.6 is 11.6 Å². The molecular formula is C22H27BClNO5. The molecular weight excluding hydrogens is 405 g/mol. The number of amides is 2. The highest BCUT2D eigenvalue weighted by atomic mass is 35.5. The van der Waals surface area contributed by atoms with Gasteiger partial charge in [0.15, 0.2) is 0 Å². The van der Waals surface area contributed by atoms with E-state index in [1.165, 1.54) is 17.0 Å². The lowest BCUT2D eigenvalue weighted by molar-refractivity contribution is -0.140. The summed E-state index contributed by atoms with van der Waals surface area (Å²) in [6.45, 7) is 4.45. The summed E-state index contributed by atoms with van der Waals surface area (Å²) >= 11 is 6.33. The highest BCUT2D eigenvalue weighted by molar-refractivity contribution is 6.53. The molecule has 1 aromatic rings. The van der Waals surface area contributed by atoms with Crippen LogP contribution < -0.4 is 0 Å². The molecule has 0 aromatic heterocycles. The molecule has 2 saturated heterocycles. The molecule has 2 heterocycles. The number of likely N-dealkylation sites (tertiary alicyclic amines) is 1. The van der Waals surface area contributed by atoms with E-state index < -0.39 is 19.1 Å². The fourth-order valence-corrected chi connectivity index (χ4v) is 5.73. The van der Waals surface area contributed by atoms with E-state index in [0.717, 1.165) is 30.3 Å². The highest BCUT2D eigenvalue weighted by Crippen LogP contribution is 2.52. The highest BCUT2D eigenvalue weighted by Gasteiger charge is 2.57. The second-order valence-electron chi connectivity index (χ2n) is 8.50. The summed E-state index contributed by atoms with van der Waals surface area (Å²) in [5, 5.41) is 21.0. The van der Waals surface area contributed by atoms with Gasteiger partial charge in [0.25, 0.3) is 0 Å². The molecule has 4 atom stereocenters. The number of allylic oxidation sites excluding steroid dienone is 2. The first-order valence-corrected chi connectivity index (χ1v) is 11.1. The van der Waals surface area contributed by atoms with Gasteiger partial charge in [-0.15, -0.1) is 0 Å². The lowest BCUT2D eigenvalue weighted by atomic mass is 9.54. The Bertz CT molecular complexity index is 904. The largest absolute Gasteiger partial charge is 0.508 e. The SMILES string of the molecule is CCCC1=C2B(O)O[C@H](c3ccc(O)cc3Cl)C[C@H]2[C@H]2C(=O)N(CCC)C(=O)[C@H]2C1. The first-order chi connectivity index (χ1) is 14.4. The average molecular weight is 432 g/mol. The fraction of sp³-hybridized carbons (Fsp3) is 0.545. The van der Waals surface area contributed by atoms with Crippen molar-refractivity contribution in [2.45, 2.75) is 52.1 Å². The third-order valence-corrected chi connectivity index (χ3v) is 6.96. The molecule has 2 N–H and O–H groups in total. The Morgan fingerprint density at radius 3 is 2.63 bits per heavy atom. The topological polar surface area (TPSA) is 87.1 Å². The van der Waals surface area contributed by atoms with Gasteiger partial charge in [0.1, 0.15) is 5.75 Å². The van der Waals surface area contributed by atoms with Crippen LogP contribution in [0.5, 0.6) is 5.75 Å². The quantitative estimate of drug-likeness (QED) is 0.549.